The van der Waals surface area contributed by atoms with Crippen LogP contribution in [0.2, 0.25) is 5.02 Å². The van der Waals surface area contributed by atoms with Crippen molar-refractivity contribution in [3.8, 4) is 17.3 Å². The number of rotatable bonds is 10. The summed E-state index contributed by atoms with van der Waals surface area (Å²) in [7, 11) is 0. The number of amides is 2. The Morgan fingerprint density at radius 1 is 1.20 bits per heavy atom. The molecule has 3 aromatic rings. The van der Waals surface area contributed by atoms with Gasteiger partial charge < -0.3 is 20.5 Å². The van der Waals surface area contributed by atoms with Crippen LogP contribution in [0, 0.1) is 30.0 Å². The average molecular weight is 594 g/mol. The number of nitriles is 1. The molecule has 0 aliphatic carbocycles. The van der Waals surface area contributed by atoms with E-state index in [9.17, 15) is 27.2 Å². The van der Waals surface area contributed by atoms with E-state index in [2.05, 4.69) is 10.5 Å². The quantitative estimate of drug-likeness (QED) is 0.229. The fourth-order valence-electron chi connectivity index (χ4n) is 4.36. The van der Waals surface area contributed by atoms with Crippen molar-refractivity contribution in [1.29, 1.82) is 5.26 Å². The lowest BCUT2D eigenvalue weighted by Gasteiger charge is -2.33. The predicted octanol–water partition coefficient (Wildman–Crippen LogP) is 5.70. The van der Waals surface area contributed by atoms with Crippen LogP contribution in [0.25, 0.3) is 11.3 Å². The van der Waals surface area contributed by atoms with Crippen molar-refractivity contribution in [2.75, 3.05) is 6.54 Å². The minimum absolute atomic E-state index is 0.0243. The summed E-state index contributed by atoms with van der Waals surface area (Å²) in [4.78, 5) is 26.3. The molecule has 2 atom stereocenters. The van der Waals surface area contributed by atoms with Crippen molar-refractivity contribution in [2.45, 2.75) is 52.0 Å². The monoisotopic (exact) mass is 593 g/mol. The van der Waals surface area contributed by atoms with Gasteiger partial charge in [0.05, 0.1) is 22.7 Å². The summed E-state index contributed by atoms with van der Waals surface area (Å²) in [5.41, 5.74) is 5.77. The Morgan fingerprint density at radius 2 is 1.85 bits per heavy atom. The SMILES string of the molecule is Cc1onc(-c2c(F)cccc2Cl)c1C(=O)NCc1ccc([C@H](N(CC#N)C(=O)[C@@H](N)CC(C)C)C(F)(F)F)cc1. The summed E-state index contributed by atoms with van der Waals surface area (Å²) < 4.78 is 62.1. The van der Waals surface area contributed by atoms with Crippen LogP contribution >= 0.6 is 11.6 Å². The minimum atomic E-state index is -4.89. The molecule has 218 valence electrons. The van der Waals surface area contributed by atoms with Gasteiger partial charge in [0.2, 0.25) is 5.91 Å². The lowest BCUT2D eigenvalue weighted by molar-refractivity contribution is -0.191. The molecule has 0 aliphatic heterocycles. The van der Waals surface area contributed by atoms with Gasteiger partial charge in [0.25, 0.3) is 5.91 Å². The van der Waals surface area contributed by atoms with Crippen LogP contribution < -0.4 is 11.1 Å². The number of carbonyl (C=O) groups excluding carboxylic acids is 2. The van der Waals surface area contributed by atoms with E-state index in [1.807, 2.05) is 0 Å². The van der Waals surface area contributed by atoms with Crippen LogP contribution in [-0.2, 0) is 11.3 Å². The fourth-order valence-corrected chi connectivity index (χ4v) is 4.62. The molecule has 0 fully saturated rings. The highest BCUT2D eigenvalue weighted by Gasteiger charge is 2.47. The highest BCUT2D eigenvalue weighted by molar-refractivity contribution is 6.33. The number of hydrogen-bond acceptors (Lipinski definition) is 6. The highest BCUT2D eigenvalue weighted by Crippen LogP contribution is 2.38. The van der Waals surface area contributed by atoms with E-state index < -0.39 is 42.4 Å². The molecule has 0 spiro atoms. The van der Waals surface area contributed by atoms with Gasteiger partial charge in [-0.05, 0) is 42.5 Å². The van der Waals surface area contributed by atoms with E-state index in [0.717, 1.165) is 6.07 Å². The Kier molecular flexibility index (Phi) is 10.1. The largest absolute Gasteiger partial charge is 0.413 e. The van der Waals surface area contributed by atoms with Crippen LogP contribution in [0.1, 0.15) is 53.6 Å². The van der Waals surface area contributed by atoms with Gasteiger partial charge in [-0.25, -0.2) is 4.39 Å². The Bertz CT molecular complexity index is 1410. The maximum absolute atomic E-state index is 14.5. The average Bonchev–Trinajstić information content (AvgIpc) is 3.26. The minimum Gasteiger partial charge on any atom is -0.360 e. The first kappa shape index (κ1) is 31.6. The zero-order chi connectivity index (χ0) is 30.5. The first-order valence-electron chi connectivity index (χ1n) is 12.5. The van der Waals surface area contributed by atoms with Gasteiger partial charge in [-0.15, -0.1) is 0 Å². The zero-order valence-electron chi connectivity index (χ0n) is 22.4. The maximum Gasteiger partial charge on any atom is 0.413 e. The number of alkyl halides is 3. The third kappa shape index (κ3) is 7.42. The molecule has 3 rings (SSSR count). The molecule has 0 saturated heterocycles. The summed E-state index contributed by atoms with van der Waals surface area (Å²) in [5.74, 6) is -2.28. The summed E-state index contributed by atoms with van der Waals surface area (Å²) >= 11 is 6.11. The van der Waals surface area contributed by atoms with Crippen LogP contribution in [0.5, 0.6) is 0 Å². The number of aryl methyl sites for hydroxylation is 1. The molecule has 0 saturated carbocycles. The van der Waals surface area contributed by atoms with Crippen LogP contribution in [-0.4, -0.2) is 40.6 Å². The van der Waals surface area contributed by atoms with E-state index in [-0.39, 0.29) is 52.1 Å². The Morgan fingerprint density at radius 3 is 2.41 bits per heavy atom. The van der Waals surface area contributed by atoms with Crippen molar-refractivity contribution >= 4 is 23.4 Å². The number of carbonyl (C=O) groups is 2. The fraction of sp³-hybridized carbons (Fsp3) is 0.357. The lowest BCUT2D eigenvalue weighted by atomic mass is 9.99. The normalized spacial score (nSPS) is 13.0. The Balaban J connectivity index is 1.82. The van der Waals surface area contributed by atoms with E-state index in [0.29, 0.717) is 10.5 Å². The van der Waals surface area contributed by atoms with E-state index in [1.165, 1.54) is 43.3 Å². The third-order valence-electron chi connectivity index (χ3n) is 6.23. The third-order valence-corrected chi connectivity index (χ3v) is 6.54. The summed E-state index contributed by atoms with van der Waals surface area (Å²) in [6, 6.07) is 7.06. The van der Waals surface area contributed by atoms with Crippen molar-refractivity contribution in [3.63, 3.8) is 0 Å². The van der Waals surface area contributed by atoms with Crippen molar-refractivity contribution in [1.82, 2.24) is 15.4 Å². The predicted molar refractivity (Wildman–Crippen MR) is 143 cm³/mol. The first-order chi connectivity index (χ1) is 19.3. The molecular weight excluding hydrogens is 566 g/mol. The van der Waals surface area contributed by atoms with Crippen LogP contribution in [0.15, 0.2) is 47.0 Å². The number of nitrogens with two attached hydrogens (primary N) is 1. The number of halogens is 5. The molecule has 41 heavy (non-hydrogen) atoms. The molecule has 1 heterocycles. The smallest absolute Gasteiger partial charge is 0.360 e. The number of benzene rings is 2. The van der Waals surface area contributed by atoms with Crippen molar-refractivity contribution < 1.29 is 31.7 Å². The molecule has 8 nitrogen and oxygen atoms in total. The Labute approximate surface area is 239 Å². The first-order valence-corrected chi connectivity index (χ1v) is 12.9. The van der Waals surface area contributed by atoms with Gasteiger partial charge in [-0.2, -0.15) is 18.4 Å². The van der Waals surface area contributed by atoms with Crippen molar-refractivity contribution in [2.24, 2.45) is 11.7 Å². The second kappa shape index (κ2) is 13.1. The molecule has 1 aromatic heterocycles. The second-order valence-electron chi connectivity index (χ2n) is 9.79. The molecule has 0 aliphatic rings. The van der Waals surface area contributed by atoms with Gasteiger partial charge in [-0.3, -0.25) is 9.59 Å². The molecule has 0 bridgehead atoms. The van der Waals surface area contributed by atoms with Gasteiger partial charge >= 0.3 is 6.18 Å². The molecule has 13 heteroatoms. The van der Waals surface area contributed by atoms with Gasteiger partial charge in [0.15, 0.2) is 6.04 Å². The lowest BCUT2D eigenvalue weighted by Crippen LogP contribution is -2.49. The maximum atomic E-state index is 14.5. The molecule has 2 amide bonds. The molecule has 3 N–H and O–H groups in total. The molecular formula is C28H28ClF4N5O3. The summed E-state index contributed by atoms with van der Waals surface area (Å²) in [6.07, 6.45) is -4.74. The van der Waals surface area contributed by atoms with Crippen molar-refractivity contribution in [3.05, 3.63) is 75.8 Å². The molecule has 0 radical (unpaired) electrons. The standard InChI is InChI=1S/C28H28ClF4N5O3/c1-15(2)13-21(35)27(40)38(12-11-34)25(28(31,32)33)18-9-7-17(8-10-18)14-36-26(39)22-16(3)41-37-24(22)23-19(29)5-4-6-20(23)30/h4-10,15,21,25H,12-14,35H2,1-3H3,(H,36,39)/t21-,25-/m0/s1. The Hall–Kier alpha value is -3.95. The number of hydrogen-bond donors (Lipinski definition) is 2. The van der Waals surface area contributed by atoms with Gasteiger partial charge in [-0.1, -0.05) is 60.9 Å². The van der Waals surface area contributed by atoms with E-state index >= 15 is 0 Å². The van der Waals surface area contributed by atoms with Gasteiger partial charge in [0.1, 0.15) is 29.4 Å². The van der Waals surface area contributed by atoms with E-state index in [4.69, 9.17) is 27.1 Å². The highest BCUT2D eigenvalue weighted by atomic mass is 35.5. The molecule has 0 unspecified atom stereocenters. The number of nitrogens with zero attached hydrogens (tertiary/aromatic N) is 3. The zero-order valence-corrected chi connectivity index (χ0v) is 23.2. The molecule has 2 aromatic carbocycles. The summed E-state index contributed by atoms with van der Waals surface area (Å²) in [5, 5.41) is 15.6. The second-order valence-corrected chi connectivity index (χ2v) is 10.2. The topological polar surface area (TPSA) is 125 Å². The van der Waals surface area contributed by atoms with Gasteiger partial charge in [0, 0.05) is 6.54 Å². The number of nitrogens with one attached hydrogen (secondary N) is 1. The number of aromatic nitrogens is 1. The summed E-state index contributed by atoms with van der Waals surface area (Å²) in [6.45, 7) is 4.11. The van der Waals surface area contributed by atoms with Crippen LogP contribution in [0.3, 0.4) is 0 Å². The van der Waals surface area contributed by atoms with Crippen LogP contribution in [0.4, 0.5) is 17.6 Å². The van der Waals surface area contributed by atoms with E-state index in [1.54, 1.807) is 19.9 Å².